The van der Waals surface area contributed by atoms with E-state index in [9.17, 15) is 12.8 Å². The Hall–Kier alpha value is -0.980. The zero-order chi connectivity index (χ0) is 14.7. The van der Waals surface area contributed by atoms with E-state index in [1.54, 1.807) is 13.8 Å². The highest BCUT2D eigenvalue weighted by Gasteiger charge is 2.37. The van der Waals surface area contributed by atoms with Crippen LogP contribution in [0.2, 0.25) is 0 Å². The fraction of sp³-hybridized carbons (Fsp3) is 0.538. The van der Waals surface area contributed by atoms with Crippen molar-refractivity contribution in [3.63, 3.8) is 0 Å². The second-order valence-corrected chi connectivity index (χ2v) is 6.54. The molecule has 0 bridgehead atoms. The molecule has 1 atom stereocenters. The van der Waals surface area contributed by atoms with Crippen LogP contribution in [0.5, 0.6) is 0 Å². The highest BCUT2D eigenvalue weighted by atomic mass is 32.2. The molecule has 0 radical (unpaired) electrons. The minimum atomic E-state index is -3.74. The van der Waals surface area contributed by atoms with Crippen LogP contribution in [-0.2, 0) is 10.0 Å². The Morgan fingerprint density at radius 3 is 2.42 bits per heavy atom. The lowest BCUT2D eigenvalue weighted by atomic mass is 9.99. The van der Waals surface area contributed by atoms with Crippen molar-refractivity contribution >= 4 is 10.0 Å². The van der Waals surface area contributed by atoms with Crippen LogP contribution in [0.25, 0.3) is 0 Å². The van der Waals surface area contributed by atoms with Crippen molar-refractivity contribution in [1.29, 1.82) is 0 Å². The molecule has 6 heteroatoms. The summed E-state index contributed by atoms with van der Waals surface area (Å²) in [6.07, 6.45) is 0.589. The molecule has 0 aliphatic carbocycles. The molecule has 1 aromatic carbocycles. The fourth-order valence-electron chi connectivity index (χ4n) is 2.02. The molecule has 0 saturated carbocycles. The van der Waals surface area contributed by atoms with Crippen molar-refractivity contribution in [2.45, 2.75) is 37.6 Å². The molecule has 0 amide bonds. The fourth-order valence-corrected chi connectivity index (χ4v) is 3.91. The Bertz CT molecular complexity index is 527. The van der Waals surface area contributed by atoms with Gasteiger partial charge in [-0.2, -0.15) is 4.31 Å². The summed E-state index contributed by atoms with van der Waals surface area (Å²) in [7, 11) is -3.74. The van der Waals surface area contributed by atoms with Gasteiger partial charge >= 0.3 is 0 Å². The maximum absolute atomic E-state index is 13.2. The molecule has 0 aliphatic rings. The molecule has 1 unspecified atom stereocenters. The van der Waals surface area contributed by atoms with Gasteiger partial charge in [-0.3, -0.25) is 0 Å². The minimum absolute atomic E-state index is 0.0394. The molecule has 0 spiro atoms. The topological polar surface area (TPSA) is 63.4 Å². The van der Waals surface area contributed by atoms with Gasteiger partial charge in [0.1, 0.15) is 5.82 Å². The first kappa shape index (κ1) is 16.1. The first-order valence-corrected chi connectivity index (χ1v) is 7.74. The molecule has 0 fully saturated rings. The number of hydrogen-bond donors (Lipinski definition) is 1. The van der Waals surface area contributed by atoms with Crippen molar-refractivity contribution in [2.24, 2.45) is 5.73 Å². The van der Waals surface area contributed by atoms with E-state index in [0.29, 0.717) is 13.0 Å². The average molecular weight is 288 g/mol. The van der Waals surface area contributed by atoms with E-state index in [0.717, 1.165) is 6.07 Å². The van der Waals surface area contributed by atoms with E-state index in [2.05, 4.69) is 0 Å². The van der Waals surface area contributed by atoms with Crippen LogP contribution in [0, 0.1) is 5.82 Å². The van der Waals surface area contributed by atoms with Gasteiger partial charge in [-0.25, -0.2) is 12.8 Å². The minimum Gasteiger partial charge on any atom is -0.329 e. The van der Waals surface area contributed by atoms with Crippen LogP contribution in [0.3, 0.4) is 0 Å². The van der Waals surface area contributed by atoms with Crippen LogP contribution in [0.1, 0.15) is 27.2 Å². The molecule has 108 valence electrons. The van der Waals surface area contributed by atoms with Gasteiger partial charge < -0.3 is 5.73 Å². The van der Waals surface area contributed by atoms with Crippen molar-refractivity contribution in [2.75, 3.05) is 13.1 Å². The first-order valence-electron chi connectivity index (χ1n) is 6.30. The summed E-state index contributed by atoms with van der Waals surface area (Å²) in [5.41, 5.74) is 5.05. The van der Waals surface area contributed by atoms with Gasteiger partial charge in [0.05, 0.1) is 4.90 Å². The van der Waals surface area contributed by atoms with Crippen molar-refractivity contribution in [3.05, 3.63) is 30.1 Å². The maximum atomic E-state index is 13.2. The van der Waals surface area contributed by atoms with Gasteiger partial charge in [0, 0.05) is 18.6 Å². The zero-order valence-corrected chi connectivity index (χ0v) is 12.4. The molecule has 2 N–H and O–H groups in total. The van der Waals surface area contributed by atoms with Gasteiger partial charge in [-0.1, -0.05) is 19.9 Å². The van der Waals surface area contributed by atoms with Crippen LogP contribution >= 0.6 is 0 Å². The smallest absolute Gasteiger partial charge is 0.243 e. The Balaban J connectivity index is 3.31. The Kier molecular flexibility index (Phi) is 5.06. The number of rotatable bonds is 6. The molecule has 4 nitrogen and oxygen atoms in total. The molecular formula is C13H21FN2O2S. The Morgan fingerprint density at radius 2 is 2.00 bits per heavy atom. The summed E-state index contributed by atoms with van der Waals surface area (Å²) >= 11 is 0. The third-order valence-corrected chi connectivity index (χ3v) is 5.60. The molecule has 0 heterocycles. The number of nitrogens with two attached hydrogens (primary N) is 1. The maximum Gasteiger partial charge on any atom is 0.243 e. The second kappa shape index (κ2) is 5.98. The summed E-state index contributed by atoms with van der Waals surface area (Å²) < 4.78 is 39.7. The highest BCUT2D eigenvalue weighted by Crippen LogP contribution is 2.26. The lowest BCUT2D eigenvalue weighted by Gasteiger charge is -2.38. The predicted octanol–water partition coefficient (Wildman–Crippen LogP) is 1.96. The summed E-state index contributed by atoms with van der Waals surface area (Å²) in [4.78, 5) is -0.0394. The van der Waals surface area contributed by atoms with E-state index in [4.69, 9.17) is 5.73 Å². The normalized spacial score (nSPS) is 15.5. The molecule has 0 saturated heterocycles. The third-order valence-electron chi connectivity index (χ3n) is 3.47. The Morgan fingerprint density at radius 1 is 1.37 bits per heavy atom. The van der Waals surface area contributed by atoms with E-state index < -0.39 is 21.4 Å². The van der Waals surface area contributed by atoms with Crippen LogP contribution in [0.4, 0.5) is 4.39 Å². The number of halogens is 1. The lowest BCUT2D eigenvalue weighted by molar-refractivity contribution is 0.214. The van der Waals surface area contributed by atoms with Crippen LogP contribution in [-0.4, -0.2) is 31.4 Å². The molecule has 0 aliphatic heterocycles. The Labute approximate surface area is 114 Å². The van der Waals surface area contributed by atoms with Crippen molar-refractivity contribution in [3.8, 4) is 0 Å². The summed E-state index contributed by atoms with van der Waals surface area (Å²) in [5.74, 6) is -0.567. The summed E-state index contributed by atoms with van der Waals surface area (Å²) in [6.45, 7) is 5.94. The van der Waals surface area contributed by atoms with Gasteiger partial charge in [0.15, 0.2) is 0 Å². The monoisotopic (exact) mass is 288 g/mol. The summed E-state index contributed by atoms with van der Waals surface area (Å²) in [5, 5.41) is 0. The van der Waals surface area contributed by atoms with Crippen molar-refractivity contribution in [1.82, 2.24) is 4.31 Å². The molecule has 19 heavy (non-hydrogen) atoms. The highest BCUT2D eigenvalue weighted by molar-refractivity contribution is 7.89. The van der Waals surface area contributed by atoms with Gasteiger partial charge in [0.2, 0.25) is 10.0 Å². The molecule has 1 aromatic rings. The van der Waals surface area contributed by atoms with Gasteiger partial charge in [-0.05, 0) is 31.5 Å². The first-order chi connectivity index (χ1) is 8.81. The summed E-state index contributed by atoms with van der Waals surface area (Å²) in [6, 6.07) is 5.04. The molecule has 1 rings (SSSR count). The van der Waals surface area contributed by atoms with E-state index in [1.165, 1.54) is 22.5 Å². The predicted molar refractivity (Wildman–Crippen MR) is 73.7 cm³/mol. The van der Waals surface area contributed by atoms with E-state index in [-0.39, 0.29) is 11.4 Å². The molecule has 0 aromatic heterocycles. The zero-order valence-electron chi connectivity index (χ0n) is 11.6. The van der Waals surface area contributed by atoms with Gasteiger partial charge in [0.25, 0.3) is 0 Å². The number of likely N-dealkylation sites (N-methyl/N-ethyl adjacent to an activating group) is 1. The second-order valence-electron chi connectivity index (χ2n) is 4.68. The van der Waals surface area contributed by atoms with Crippen molar-refractivity contribution < 1.29 is 12.8 Å². The van der Waals surface area contributed by atoms with Crippen LogP contribution < -0.4 is 5.73 Å². The average Bonchev–Trinajstić information content (AvgIpc) is 2.39. The largest absolute Gasteiger partial charge is 0.329 e. The van der Waals surface area contributed by atoms with Crippen LogP contribution in [0.15, 0.2) is 29.2 Å². The molecular weight excluding hydrogens is 267 g/mol. The standard InChI is InChI=1S/C13H21FN2O2S/c1-4-13(3,10-15)16(5-2)19(17,18)12-8-6-7-11(14)9-12/h6-9H,4-5,10,15H2,1-3H3. The SMILES string of the molecule is CCN(C(C)(CC)CN)S(=O)(=O)c1cccc(F)c1. The number of sulfonamides is 1. The number of nitrogens with zero attached hydrogens (tertiary/aromatic N) is 1. The van der Waals surface area contributed by atoms with E-state index >= 15 is 0 Å². The van der Waals surface area contributed by atoms with Gasteiger partial charge in [-0.15, -0.1) is 0 Å². The number of hydrogen-bond acceptors (Lipinski definition) is 3. The third kappa shape index (κ3) is 3.13. The number of benzene rings is 1. The quantitative estimate of drug-likeness (QED) is 0.870. The van der Waals surface area contributed by atoms with E-state index in [1.807, 2.05) is 6.92 Å². The lowest BCUT2D eigenvalue weighted by Crippen LogP contribution is -2.53.